The van der Waals surface area contributed by atoms with Gasteiger partial charge in [0.15, 0.2) is 6.61 Å². The minimum Gasteiger partial charge on any atom is -0.457 e. The van der Waals surface area contributed by atoms with E-state index >= 15 is 0 Å². The Hall–Kier alpha value is -4.13. The molecule has 0 aliphatic rings. The smallest absolute Gasteiger partial charge is 0.338 e. The molecule has 0 saturated carbocycles. The molecular weight excluding hydrogens is 372 g/mol. The number of para-hydroxylation sites is 2. The quantitative estimate of drug-likeness (QED) is 0.602. The zero-order chi connectivity index (χ0) is 20.6. The van der Waals surface area contributed by atoms with Crippen molar-refractivity contribution in [1.29, 1.82) is 0 Å². The fourth-order valence-corrected chi connectivity index (χ4v) is 2.49. The predicted molar refractivity (Wildman–Crippen MR) is 107 cm³/mol. The van der Waals surface area contributed by atoms with Crippen molar-refractivity contribution in [2.75, 3.05) is 11.9 Å². The van der Waals surface area contributed by atoms with Gasteiger partial charge in [0.1, 0.15) is 11.5 Å². The first-order chi connectivity index (χ1) is 14.0. The first kappa shape index (κ1) is 19.6. The van der Waals surface area contributed by atoms with E-state index in [2.05, 4.69) is 5.32 Å². The van der Waals surface area contributed by atoms with Crippen molar-refractivity contribution in [3.8, 4) is 11.5 Å². The van der Waals surface area contributed by atoms with Crippen LogP contribution in [0.15, 0.2) is 78.9 Å². The maximum Gasteiger partial charge on any atom is 0.338 e. The summed E-state index contributed by atoms with van der Waals surface area (Å²) in [6.45, 7) is -0.506. The van der Waals surface area contributed by atoms with Gasteiger partial charge < -0.3 is 20.5 Å². The van der Waals surface area contributed by atoms with Gasteiger partial charge >= 0.3 is 5.97 Å². The van der Waals surface area contributed by atoms with Crippen molar-refractivity contribution in [2.24, 2.45) is 5.73 Å². The van der Waals surface area contributed by atoms with Gasteiger partial charge in [-0.1, -0.05) is 30.3 Å². The number of esters is 1. The standard InChI is InChI=1S/C22H18N2O5/c23-21(26)18-8-4-5-9-19(18)24-20(25)14-28-22(27)15-10-12-17(13-11-15)29-16-6-2-1-3-7-16/h1-13H,14H2,(H2,23,26)(H,24,25). The maximum atomic E-state index is 12.1. The Kier molecular flexibility index (Phi) is 6.22. The Labute approximate surface area is 167 Å². The van der Waals surface area contributed by atoms with E-state index in [0.29, 0.717) is 11.5 Å². The summed E-state index contributed by atoms with van der Waals surface area (Å²) in [5.41, 5.74) is 5.96. The molecule has 0 aromatic heterocycles. The third kappa shape index (κ3) is 5.43. The number of anilines is 1. The second kappa shape index (κ2) is 9.18. The van der Waals surface area contributed by atoms with Gasteiger partial charge in [0.05, 0.1) is 16.8 Å². The molecule has 0 saturated heterocycles. The number of carbonyl (C=O) groups is 3. The van der Waals surface area contributed by atoms with Gasteiger partial charge in [-0.3, -0.25) is 9.59 Å². The van der Waals surface area contributed by atoms with Crippen LogP contribution in [-0.4, -0.2) is 24.4 Å². The van der Waals surface area contributed by atoms with Crippen LogP contribution in [0.2, 0.25) is 0 Å². The van der Waals surface area contributed by atoms with Crippen molar-refractivity contribution in [2.45, 2.75) is 0 Å². The molecule has 3 rings (SSSR count). The molecule has 0 fully saturated rings. The minimum absolute atomic E-state index is 0.168. The summed E-state index contributed by atoms with van der Waals surface area (Å²) in [6.07, 6.45) is 0. The van der Waals surface area contributed by atoms with Crippen molar-refractivity contribution in [3.05, 3.63) is 90.0 Å². The summed E-state index contributed by atoms with van der Waals surface area (Å²) in [6, 6.07) is 21.9. The fraction of sp³-hybridized carbons (Fsp3) is 0.0455. The van der Waals surface area contributed by atoms with Gasteiger partial charge in [-0.15, -0.1) is 0 Å². The highest BCUT2D eigenvalue weighted by molar-refractivity contribution is 6.03. The van der Waals surface area contributed by atoms with Crippen molar-refractivity contribution < 1.29 is 23.9 Å². The highest BCUT2D eigenvalue weighted by Gasteiger charge is 2.13. The fourth-order valence-electron chi connectivity index (χ4n) is 2.49. The number of primary amides is 1. The lowest BCUT2D eigenvalue weighted by Crippen LogP contribution is -2.23. The zero-order valence-electron chi connectivity index (χ0n) is 15.3. The lowest BCUT2D eigenvalue weighted by atomic mass is 10.1. The van der Waals surface area contributed by atoms with E-state index in [1.807, 2.05) is 30.3 Å². The Morgan fingerprint density at radius 2 is 1.41 bits per heavy atom. The average molecular weight is 390 g/mol. The summed E-state index contributed by atoms with van der Waals surface area (Å²) in [5.74, 6) is -0.675. The first-order valence-corrected chi connectivity index (χ1v) is 8.72. The Morgan fingerprint density at radius 3 is 2.10 bits per heavy atom. The van der Waals surface area contributed by atoms with Crippen LogP contribution in [0.25, 0.3) is 0 Å². The lowest BCUT2D eigenvalue weighted by Gasteiger charge is -2.10. The van der Waals surface area contributed by atoms with E-state index in [-0.39, 0.29) is 16.8 Å². The van der Waals surface area contributed by atoms with Gasteiger partial charge in [-0.25, -0.2) is 4.79 Å². The molecule has 146 valence electrons. The number of nitrogens with one attached hydrogen (secondary N) is 1. The second-order valence-electron chi connectivity index (χ2n) is 5.97. The number of carbonyl (C=O) groups excluding carboxylic acids is 3. The Morgan fingerprint density at radius 1 is 0.793 bits per heavy atom. The highest BCUT2D eigenvalue weighted by atomic mass is 16.5. The summed E-state index contributed by atoms with van der Waals surface area (Å²) >= 11 is 0. The van der Waals surface area contributed by atoms with Crippen LogP contribution in [0, 0.1) is 0 Å². The highest BCUT2D eigenvalue weighted by Crippen LogP contribution is 2.21. The van der Waals surface area contributed by atoms with Crippen molar-refractivity contribution >= 4 is 23.5 Å². The van der Waals surface area contributed by atoms with E-state index in [1.54, 1.807) is 36.4 Å². The predicted octanol–water partition coefficient (Wildman–Crippen LogP) is 3.37. The molecule has 29 heavy (non-hydrogen) atoms. The second-order valence-corrected chi connectivity index (χ2v) is 5.97. The van der Waals surface area contributed by atoms with Crippen molar-refractivity contribution in [1.82, 2.24) is 0 Å². The number of hydrogen-bond acceptors (Lipinski definition) is 5. The molecule has 0 unspecified atom stereocenters. The molecule has 0 radical (unpaired) electrons. The third-order valence-electron chi connectivity index (χ3n) is 3.87. The van der Waals surface area contributed by atoms with E-state index in [9.17, 15) is 14.4 Å². The Bertz CT molecular complexity index is 1020. The minimum atomic E-state index is -0.671. The summed E-state index contributed by atoms with van der Waals surface area (Å²) in [5, 5.41) is 2.50. The molecular formula is C22H18N2O5. The molecule has 0 aliphatic carbocycles. The first-order valence-electron chi connectivity index (χ1n) is 8.72. The van der Waals surface area contributed by atoms with Crippen LogP contribution in [-0.2, 0) is 9.53 Å². The molecule has 7 nitrogen and oxygen atoms in total. The third-order valence-corrected chi connectivity index (χ3v) is 3.87. The van der Waals surface area contributed by atoms with Gasteiger partial charge in [-0.05, 0) is 48.5 Å². The monoisotopic (exact) mass is 390 g/mol. The normalized spacial score (nSPS) is 10.1. The topological polar surface area (TPSA) is 108 Å². The average Bonchev–Trinajstić information content (AvgIpc) is 2.73. The molecule has 0 aliphatic heterocycles. The number of benzene rings is 3. The van der Waals surface area contributed by atoms with E-state index in [1.165, 1.54) is 12.1 Å². The van der Waals surface area contributed by atoms with E-state index in [4.69, 9.17) is 15.2 Å². The largest absolute Gasteiger partial charge is 0.457 e. The maximum absolute atomic E-state index is 12.1. The molecule has 0 heterocycles. The molecule has 3 aromatic carbocycles. The molecule has 7 heteroatoms. The zero-order valence-corrected chi connectivity index (χ0v) is 15.3. The molecule has 2 amide bonds. The number of rotatable bonds is 7. The summed E-state index contributed by atoms with van der Waals surface area (Å²) in [7, 11) is 0. The van der Waals surface area contributed by atoms with Crippen LogP contribution in [0.3, 0.4) is 0 Å². The SMILES string of the molecule is NC(=O)c1ccccc1NC(=O)COC(=O)c1ccc(Oc2ccccc2)cc1. The molecule has 0 spiro atoms. The summed E-state index contributed by atoms with van der Waals surface area (Å²) in [4.78, 5) is 35.5. The van der Waals surface area contributed by atoms with E-state index in [0.717, 1.165) is 0 Å². The van der Waals surface area contributed by atoms with E-state index < -0.39 is 24.4 Å². The Balaban J connectivity index is 1.54. The van der Waals surface area contributed by atoms with Crippen LogP contribution in [0.5, 0.6) is 11.5 Å². The van der Waals surface area contributed by atoms with Crippen LogP contribution in [0.4, 0.5) is 5.69 Å². The number of amides is 2. The lowest BCUT2D eigenvalue weighted by molar-refractivity contribution is -0.119. The van der Waals surface area contributed by atoms with Gasteiger partial charge in [0.25, 0.3) is 11.8 Å². The molecule has 3 aromatic rings. The molecule has 0 atom stereocenters. The number of nitrogens with two attached hydrogens (primary N) is 1. The molecule has 0 bridgehead atoms. The molecule has 3 N–H and O–H groups in total. The summed E-state index contributed by atoms with van der Waals surface area (Å²) < 4.78 is 10.7. The number of hydrogen-bond donors (Lipinski definition) is 2. The van der Waals surface area contributed by atoms with Crippen molar-refractivity contribution in [3.63, 3.8) is 0 Å². The van der Waals surface area contributed by atoms with Crippen LogP contribution in [0.1, 0.15) is 20.7 Å². The number of ether oxygens (including phenoxy) is 2. The van der Waals surface area contributed by atoms with Gasteiger partial charge in [-0.2, -0.15) is 0 Å². The van der Waals surface area contributed by atoms with Gasteiger partial charge in [0.2, 0.25) is 0 Å². The van der Waals surface area contributed by atoms with Crippen LogP contribution < -0.4 is 15.8 Å². The van der Waals surface area contributed by atoms with Gasteiger partial charge in [0, 0.05) is 0 Å². The van der Waals surface area contributed by atoms with Crippen LogP contribution >= 0.6 is 0 Å².